The molecule has 2 rings (SSSR count). The van der Waals surface area contributed by atoms with Crippen molar-refractivity contribution < 1.29 is 14.3 Å². The zero-order valence-corrected chi connectivity index (χ0v) is 14.1. The first-order valence-electron chi connectivity index (χ1n) is 7.10. The van der Waals surface area contributed by atoms with Crippen molar-refractivity contribution in [1.82, 2.24) is 14.3 Å². The van der Waals surface area contributed by atoms with E-state index in [-0.39, 0.29) is 10.6 Å². The molecule has 9 nitrogen and oxygen atoms in total. The molecule has 1 aromatic heterocycles. The largest absolute Gasteiger partial charge is 0.451 e. The molecule has 0 aliphatic carbocycles. The number of nitriles is 1. The molecule has 1 amide bonds. The molecule has 0 aliphatic heterocycles. The zero-order chi connectivity index (χ0) is 18.6. The van der Waals surface area contributed by atoms with Crippen LogP contribution in [0.2, 0.25) is 5.02 Å². The van der Waals surface area contributed by atoms with Gasteiger partial charge < -0.3 is 10.1 Å². The Morgan fingerprint density at radius 2 is 2.20 bits per heavy atom. The number of aromatic nitrogens is 3. The van der Waals surface area contributed by atoms with Crippen LogP contribution < -0.4 is 11.0 Å². The van der Waals surface area contributed by atoms with Gasteiger partial charge in [-0.05, 0) is 25.1 Å². The fraction of sp³-hybridized carbons (Fsp3) is 0.267. The Morgan fingerprint density at radius 3 is 2.76 bits per heavy atom. The summed E-state index contributed by atoms with van der Waals surface area (Å²) in [6, 6.07) is 6.29. The molecule has 1 atom stereocenters. The first-order valence-corrected chi connectivity index (χ1v) is 7.48. The molecule has 1 N–H and O–H groups in total. The lowest BCUT2D eigenvalue weighted by Gasteiger charge is -2.13. The lowest BCUT2D eigenvalue weighted by Crippen LogP contribution is -2.33. The molecule has 130 valence electrons. The summed E-state index contributed by atoms with van der Waals surface area (Å²) in [7, 11) is 1.50. The first kappa shape index (κ1) is 18.2. The number of nitrogens with one attached hydrogen (secondary N) is 1. The van der Waals surface area contributed by atoms with Crippen LogP contribution in [0.3, 0.4) is 0 Å². The number of rotatable bonds is 5. The predicted octanol–water partition coefficient (Wildman–Crippen LogP) is 0.677. The van der Waals surface area contributed by atoms with Crippen LogP contribution in [0.25, 0.3) is 0 Å². The minimum atomic E-state index is -1.10. The number of halogens is 1. The Labute approximate surface area is 147 Å². The van der Waals surface area contributed by atoms with Gasteiger partial charge in [0.15, 0.2) is 6.10 Å². The maximum atomic E-state index is 12.1. The molecule has 0 spiro atoms. The summed E-state index contributed by atoms with van der Waals surface area (Å²) in [5, 5.41) is 15.3. The highest BCUT2D eigenvalue weighted by atomic mass is 35.5. The quantitative estimate of drug-likeness (QED) is 0.780. The van der Waals surface area contributed by atoms with E-state index in [2.05, 4.69) is 10.4 Å². The van der Waals surface area contributed by atoms with Crippen molar-refractivity contribution in [3.05, 3.63) is 45.6 Å². The second-order valence-electron chi connectivity index (χ2n) is 5.11. The van der Waals surface area contributed by atoms with Crippen molar-refractivity contribution in [3.63, 3.8) is 0 Å². The summed E-state index contributed by atoms with van der Waals surface area (Å²) in [6.45, 7) is 0.986. The van der Waals surface area contributed by atoms with E-state index >= 15 is 0 Å². The third-order valence-corrected chi connectivity index (χ3v) is 3.51. The Morgan fingerprint density at radius 1 is 1.48 bits per heavy atom. The van der Waals surface area contributed by atoms with Crippen LogP contribution in [0.5, 0.6) is 0 Å². The van der Waals surface area contributed by atoms with Crippen LogP contribution in [-0.4, -0.2) is 32.3 Å². The van der Waals surface area contributed by atoms with Gasteiger partial charge in [-0.1, -0.05) is 11.6 Å². The molecule has 0 radical (unpaired) electrons. The first-order chi connectivity index (χ1) is 11.8. The zero-order valence-electron chi connectivity index (χ0n) is 13.4. The van der Waals surface area contributed by atoms with Crippen molar-refractivity contribution in [2.45, 2.75) is 19.6 Å². The standard InChI is InChI=1S/C15H14ClN5O4/c1-9(25-13(22)7-21-15(24)20(2)8-18-21)14(23)19-11-4-3-10(6-17)12(16)5-11/h3-5,8-9H,7H2,1-2H3,(H,19,23). The fourth-order valence-corrected chi connectivity index (χ4v) is 2.09. The van der Waals surface area contributed by atoms with Gasteiger partial charge >= 0.3 is 11.7 Å². The normalized spacial score (nSPS) is 11.4. The van der Waals surface area contributed by atoms with E-state index in [0.717, 1.165) is 4.68 Å². The Balaban J connectivity index is 1.94. The summed E-state index contributed by atoms with van der Waals surface area (Å²) in [6.07, 6.45) is 0.168. The number of esters is 1. The van der Waals surface area contributed by atoms with Gasteiger partial charge in [-0.15, -0.1) is 0 Å². The molecule has 0 aliphatic rings. The molecule has 1 unspecified atom stereocenters. The Bertz CT molecular complexity index is 911. The molecule has 10 heteroatoms. The van der Waals surface area contributed by atoms with Crippen LogP contribution >= 0.6 is 11.6 Å². The molecule has 0 bridgehead atoms. The lowest BCUT2D eigenvalue weighted by atomic mass is 10.2. The summed E-state index contributed by atoms with van der Waals surface area (Å²) >= 11 is 5.88. The van der Waals surface area contributed by atoms with Crippen LogP contribution in [-0.2, 0) is 27.9 Å². The Kier molecular flexibility index (Phi) is 5.56. The monoisotopic (exact) mass is 363 g/mol. The molecular formula is C15H14ClN5O4. The van der Waals surface area contributed by atoms with Gasteiger partial charge in [0.25, 0.3) is 5.91 Å². The molecule has 0 saturated carbocycles. The van der Waals surface area contributed by atoms with Gasteiger partial charge in [0.1, 0.15) is 18.9 Å². The van der Waals surface area contributed by atoms with Crippen molar-refractivity contribution in [2.75, 3.05) is 5.32 Å². The van der Waals surface area contributed by atoms with E-state index in [4.69, 9.17) is 21.6 Å². The van der Waals surface area contributed by atoms with Gasteiger partial charge in [-0.25, -0.2) is 9.48 Å². The number of benzene rings is 1. The van der Waals surface area contributed by atoms with Crippen LogP contribution in [0.15, 0.2) is 29.3 Å². The van der Waals surface area contributed by atoms with Crippen LogP contribution in [0.1, 0.15) is 12.5 Å². The van der Waals surface area contributed by atoms with Gasteiger partial charge in [-0.2, -0.15) is 10.4 Å². The highest BCUT2D eigenvalue weighted by Gasteiger charge is 2.19. The van der Waals surface area contributed by atoms with Gasteiger partial charge in [0.05, 0.1) is 10.6 Å². The second kappa shape index (κ2) is 7.63. The van der Waals surface area contributed by atoms with E-state index in [1.807, 2.05) is 6.07 Å². The van der Waals surface area contributed by atoms with Crippen molar-refractivity contribution in [1.29, 1.82) is 5.26 Å². The average Bonchev–Trinajstić information content (AvgIpc) is 2.87. The van der Waals surface area contributed by atoms with Crippen LogP contribution in [0.4, 0.5) is 5.69 Å². The molecule has 0 fully saturated rings. The SMILES string of the molecule is CC(OC(=O)Cn1ncn(C)c1=O)C(=O)Nc1ccc(C#N)c(Cl)c1. The number of hydrogen-bond donors (Lipinski definition) is 1. The van der Waals surface area contributed by atoms with Crippen molar-refractivity contribution in [3.8, 4) is 6.07 Å². The number of amides is 1. The van der Waals surface area contributed by atoms with Gasteiger partial charge in [0.2, 0.25) is 0 Å². The summed E-state index contributed by atoms with van der Waals surface area (Å²) in [5.74, 6) is -1.36. The topological polar surface area (TPSA) is 119 Å². The summed E-state index contributed by atoms with van der Waals surface area (Å²) in [5.41, 5.74) is 0.166. The summed E-state index contributed by atoms with van der Waals surface area (Å²) in [4.78, 5) is 35.5. The second-order valence-corrected chi connectivity index (χ2v) is 5.52. The summed E-state index contributed by atoms with van der Waals surface area (Å²) < 4.78 is 7.11. The van der Waals surface area contributed by atoms with Gasteiger partial charge in [0, 0.05) is 12.7 Å². The number of anilines is 1. The highest BCUT2D eigenvalue weighted by molar-refractivity contribution is 6.32. The average molecular weight is 364 g/mol. The lowest BCUT2D eigenvalue weighted by molar-refractivity contribution is -0.154. The molecule has 0 saturated heterocycles. The number of carbonyl (C=O) groups excluding carboxylic acids is 2. The van der Waals surface area contributed by atoms with Crippen molar-refractivity contribution in [2.24, 2.45) is 7.05 Å². The van der Waals surface area contributed by atoms with Gasteiger partial charge in [-0.3, -0.25) is 14.2 Å². The third kappa shape index (κ3) is 4.45. The maximum absolute atomic E-state index is 12.1. The van der Waals surface area contributed by atoms with Crippen molar-refractivity contribution >= 4 is 29.2 Å². The predicted molar refractivity (Wildman–Crippen MR) is 87.8 cm³/mol. The molecular weight excluding hydrogens is 350 g/mol. The van der Waals surface area contributed by atoms with E-state index in [1.54, 1.807) is 0 Å². The smallest absolute Gasteiger partial charge is 0.345 e. The maximum Gasteiger partial charge on any atom is 0.345 e. The highest BCUT2D eigenvalue weighted by Crippen LogP contribution is 2.20. The minimum absolute atomic E-state index is 0.194. The fourth-order valence-electron chi connectivity index (χ4n) is 1.87. The number of aryl methyl sites for hydroxylation is 1. The third-order valence-electron chi connectivity index (χ3n) is 3.20. The van der Waals surface area contributed by atoms with E-state index < -0.39 is 30.2 Å². The number of carbonyl (C=O) groups is 2. The molecule has 25 heavy (non-hydrogen) atoms. The minimum Gasteiger partial charge on any atom is -0.451 e. The van der Waals surface area contributed by atoms with E-state index in [9.17, 15) is 14.4 Å². The van der Waals surface area contributed by atoms with E-state index in [1.165, 1.54) is 43.1 Å². The number of ether oxygens (including phenoxy) is 1. The van der Waals surface area contributed by atoms with E-state index in [0.29, 0.717) is 5.69 Å². The molecule has 1 heterocycles. The van der Waals surface area contributed by atoms with Crippen LogP contribution in [0, 0.1) is 11.3 Å². The molecule has 2 aromatic rings. The number of nitrogens with zero attached hydrogens (tertiary/aromatic N) is 4. The number of hydrogen-bond acceptors (Lipinski definition) is 6. The Hall–Kier alpha value is -3.12. The molecule has 1 aromatic carbocycles.